The van der Waals surface area contributed by atoms with Gasteiger partial charge in [0.1, 0.15) is 17.6 Å². The first-order valence-corrected chi connectivity index (χ1v) is 14.4. The molecule has 0 spiro atoms. The summed E-state index contributed by atoms with van der Waals surface area (Å²) in [4.78, 5) is 32.0. The number of hydrogen-bond donors (Lipinski definition) is 1. The molecule has 2 aliphatic heterocycles. The van der Waals surface area contributed by atoms with Gasteiger partial charge in [-0.05, 0) is 62.4 Å². The van der Waals surface area contributed by atoms with Crippen molar-refractivity contribution in [3.63, 3.8) is 0 Å². The van der Waals surface area contributed by atoms with Gasteiger partial charge in [0.15, 0.2) is 6.61 Å². The predicted molar refractivity (Wildman–Crippen MR) is 149 cm³/mol. The second kappa shape index (κ2) is 12.5. The molecule has 1 saturated heterocycles. The summed E-state index contributed by atoms with van der Waals surface area (Å²) < 4.78 is 26.9. The molecule has 0 radical (unpaired) electrons. The quantitative estimate of drug-likeness (QED) is 0.287. The number of nitrogens with one attached hydrogen (secondary N) is 1. The Hall–Kier alpha value is -3.86. The second-order valence-electron chi connectivity index (χ2n) is 9.63. The standard InChI is InChI=1S/C29H32FN5O4S/c1-3-38-27(37)25-19(2)31-28-32-29(40-18-21-9-5-6-10-23(21)30)33-35(28)26(25)20-11-13-22(14-12-20)39-17-24(36)34-15-7-4-8-16-34/h5-6,9-14,26H,3-4,7-8,15-18H2,1-2H3,(H,31,32,33). The summed E-state index contributed by atoms with van der Waals surface area (Å²) in [6.45, 7) is 5.33. The minimum Gasteiger partial charge on any atom is -0.484 e. The Morgan fingerprint density at radius 2 is 1.85 bits per heavy atom. The Labute approximate surface area is 236 Å². The number of piperidine rings is 1. The number of halogens is 1. The maximum Gasteiger partial charge on any atom is 0.338 e. The summed E-state index contributed by atoms with van der Waals surface area (Å²) >= 11 is 1.31. The van der Waals surface area contributed by atoms with E-state index >= 15 is 0 Å². The van der Waals surface area contributed by atoms with Crippen LogP contribution >= 0.6 is 11.8 Å². The molecule has 3 heterocycles. The molecular formula is C29H32FN5O4S. The van der Waals surface area contributed by atoms with Crippen molar-refractivity contribution in [3.05, 3.63) is 76.7 Å². The second-order valence-corrected chi connectivity index (χ2v) is 10.6. The summed E-state index contributed by atoms with van der Waals surface area (Å²) in [5, 5.41) is 8.29. The Bertz CT molecular complexity index is 1400. The van der Waals surface area contributed by atoms with Crippen molar-refractivity contribution in [1.29, 1.82) is 0 Å². The van der Waals surface area contributed by atoms with E-state index < -0.39 is 12.0 Å². The highest BCUT2D eigenvalue weighted by atomic mass is 32.2. The van der Waals surface area contributed by atoms with Gasteiger partial charge in [-0.2, -0.15) is 4.98 Å². The van der Waals surface area contributed by atoms with E-state index in [0.29, 0.717) is 39.4 Å². The van der Waals surface area contributed by atoms with Crippen LogP contribution in [0.15, 0.2) is 65.0 Å². The first kappa shape index (κ1) is 27.7. The zero-order chi connectivity index (χ0) is 28.1. The van der Waals surface area contributed by atoms with Gasteiger partial charge in [0.05, 0.1) is 12.2 Å². The number of thioether (sulfide) groups is 1. The van der Waals surface area contributed by atoms with Crippen LogP contribution in [0.25, 0.3) is 0 Å². The molecule has 1 aromatic heterocycles. The minimum atomic E-state index is -0.602. The van der Waals surface area contributed by atoms with Gasteiger partial charge in [-0.1, -0.05) is 42.1 Å². The fourth-order valence-electron chi connectivity index (χ4n) is 4.86. The van der Waals surface area contributed by atoms with Crippen LogP contribution in [0.4, 0.5) is 10.3 Å². The maximum atomic E-state index is 14.1. The summed E-state index contributed by atoms with van der Waals surface area (Å²) in [5.74, 6) is 0.641. The van der Waals surface area contributed by atoms with Gasteiger partial charge in [-0.3, -0.25) is 4.79 Å². The molecule has 11 heteroatoms. The average Bonchev–Trinajstić information content (AvgIpc) is 3.38. The van der Waals surface area contributed by atoms with Crippen LogP contribution < -0.4 is 10.1 Å². The number of rotatable bonds is 9. The number of benzene rings is 2. The van der Waals surface area contributed by atoms with Gasteiger partial charge in [0.2, 0.25) is 11.1 Å². The van der Waals surface area contributed by atoms with Crippen molar-refractivity contribution in [2.75, 3.05) is 31.6 Å². The van der Waals surface area contributed by atoms with Crippen LogP contribution in [0.1, 0.15) is 50.3 Å². The minimum absolute atomic E-state index is 0.0158. The Morgan fingerprint density at radius 1 is 1.10 bits per heavy atom. The molecule has 210 valence electrons. The molecule has 40 heavy (non-hydrogen) atoms. The number of fused-ring (bicyclic) bond motifs is 1. The van der Waals surface area contributed by atoms with E-state index in [0.717, 1.165) is 37.9 Å². The third-order valence-electron chi connectivity index (χ3n) is 6.91. The van der Waals surface area contributed by atoms with Gasteiger partial charge in [0, 0.05) is 24.5 Å². The highest BCUT2D eigenvalue weighted by Crippen LogP contribution is 2.37. The number of amides is 1. The van der Waals surface area contributed by atoms with E-state index in [9.17, 15) is 14.0 Å². The molecule has 1 amide bonds. The number of likely N-dealkylation sites (tertiary alicyclic amines) is 1. The Balaban J connectivity index is 1.37. The van der Waals surface area contributed by atoms with Crippen molar-refractivity contribution in [2.24, 2.45) is 0 Å². The van der Waals surface area contributed by atoms with Crippen LogP contribution in [0, 0.1) is 5.82 Å². The third-order valence-corrected chi connectivity index (χ3v) is 7.80. The van der Waals surface area contributed by atoms with E-state index in [1.165, 1.54) is 17.8 Å². The number of anilines is 1. The van der Waals surface area contributed by atoms with E-state index in [2.05, 4.69) is 15.4 Å². The third kappa shape index (κ3) is 6.14. The van der Waals surface area contributed by atoms with E-state index in [-0.39, 0.29) is 24.9 Å². The van der Waals surface area contributed by atoms with Gasteiger partial charge >= 0.3 is 5.97 Å². The van der Waals surface area contributed by atoms with Crippen LogP contribution in [-0.2, 0) is 20.1 Å². The molecule has 0 bridgehead atoms. The number of aromatic nitrogens is 3. The lowest BCUT2D eigenvalue weighted by molar-refractivity contribution is -0.139. The number of hydrogen-bond acceptors (Lipinski definition) is 8. The number of carbonyl (C=O) groups is 2. The Morgan fingerprint density at radius 3 is 2.58 bits per heavy atom. The fourth-order valence-corrected chi connectivity index (χ4v) is 5.67. The molecule has 9 nitrogen and oxygen atoms in total. The topological polar surface area (TPSA) is 98.6 Å². The van der Waals surface area contributed by atoms with Crippen molar-refractivity contribution < 1.29 is 23.5 Å². The van der Waals surface area contributed by atoms with Crippen molar-refractivity contribution >= 4 is 29.6 Å². The summed E-state index contributed by atoms with van der Waals surface area (Å²) in [5.41, 5.74) is 2.36. The van der Waals surface area contributed by atoms with Gasteiger partial charge in [0.25, 0.3) is 5.91 Å². The fraction of sp³-hybridized carbons (Fsp3) is 0.379. The van der Waals surface area contributed by atoms with Gasteiger partial charge in [-0.25, -0.2) is 13.9 Å². The highest BCUT2D eigenvalue weighted by molar-refractivity contribution is 7.98. The van der Waals surface area contributed by atoms with Gasteiger partial charge in [-0.15, -0.1) is 5.10 Å². The zero-order valence-electron chi connectivity index (χ0n) is 22.6. The molecule has 0 aliphatic carbocycles. The molecule has 1 unspecified atom stereocenters. The molecule has 5 rings (SSSR count). The van der Waals surface area contributed by atoms with Crippen LogP contribution in [-0.4, -0.2) is 57.8 Å². The number of ether oxygens (including phenoxy) is 2. The van der Waals surface area contributed by atoms with Crippen molar-refractivity contribution in [2.45, 2.75) is 50.1 Å². The van der Waals surface area contributed by atoms with E-state index in [1.54, 1.807) is 48.9 Å². The lowest BCUT2D eigenvalue weighted by Gasteiger charge is -2.28. The first-order valence-electron chi connectivity index (χ1n) is 13.4. The highest BCUT2D eigenvalue weighted by Gasteiger charge is 2.35. The van der Waals surface area contributed by atoms with E-state index in [1.807, 2.05) is 17.0 Å². The number of nitrogens with zero attached hydrogens (tertiary/aromatic N) is 4. The summed E-state index contributed by atoms with van der Waals surface area (Å²) in [7, 11) is 0. The average molecular weight is 566 g/mol. The van der Waals surface area contributed by atoms with Crippen molar-refractivity contribution in [3.8, 4) is 5.75 Å². The summed E-state index contributed by atoms with van der Waals surface area (Å²) in [6, 6.07) is 13.3. The van der Waals surface area contributed by atoms with E-state index in [4.69, 9.17) is 9.47 Å². The van der Waals surface area contributed by atoms with Crippen LogP contribution in [0.5, 0.6) is 5.75 Å². The smallest absolute Gasteiger partial charge is 0.338 e. The van der Waals surface area contributed by atoms with Gasteiger partial charge < -0.3 is 19.7 Å². The molecule has 2 aliphatic rings. The molecule has 1 atom stereocenters. The number of allylic oxidation sites excluding steroid dienone is 1. The Kier molecular flexibility index (Phi) is 8.69. The molecule has 1 fully saturated rings. The normalized spacial score (nSPS) is 16.8. The maximum absolute atomic E-state index is 14.1. The lowest BCUT2D eigenvalue weighted by atomic mass is 9.96. The SMILES string of the molecule is CCOC(=O)C1=C(C)Nc2nc(SCc3ccccc3F)nn2C1c1ccc(OCC(=O)N2CCCCC2)cc1. The molecule has 3 aromatic rings. The first-order chi connectivity index (χ1) is 19.4. The molecule has 2 aromatic carbocycles. The zero-order valence-corrected chi connectivity index (χ0v) is 23.4. The monoisotopic (exact) mass is 565 g/mol. The summed E-state index contributed by atoms with van der Waals surface area (Å²) in [6.07, 6.45) is 3.21. The lowest BCUT2D eigenvalue weighted by Crippen LogP contribution is -2.38. The molecule has 1 N–H and O–H groups in total. The van der Waals surface area contributed by atoms with Crippen molar-refractivity contribution in [1.82, 2.24) is 19.7 Å². The van der Waals surface area contributed by atoms with Crippen LogP contribution in [0.3, 0.4) is 0 Å². The molecular weight excluding hydrogens is 533 g/mol. The predicted octanol–water partition coefficient (Wildman–Crippen LogP) is 4.95. The largest absolute Gasteiger partial charge is 0.484 e. The van der Waals surface area contributed by atoms with Crippen LogP contribution in [0.2, 0.25) is 0 Å². The number of esters is 1. The number of carbonyl (C=O) groups excluding carboxylic acids is 2. The molecule has 0 saturated carbocycles.